The van der Waals surface area contributed by atoms with E-state index >= 15 is 0 Å². The molecule has 1 atom stereocenters. The van der Waals surface area contributed by atoms with Crippen LogP contribution in [0.2, 0.25) is 0 Å². The van der Waals surface area contributed by atoms with Crippen molar-refractivity contribution in [1.29, 1.82) is 0 Å². The Morgan fingerprint density at radius 1 is 0.929 bits per heavy atom. The fraction of sp³-hybridized carbons (Fsp3) is 0.615. The summed E-state index contributed by atoms with van der Waals surface area (Å²) in [6.07, 6.45) is 29.5. The minimum atomic E-state index is -0.0675. The molecule has 0 aromatic carbocycles. The first-order valence-electron chi connectivity index (χ1n) is 11.6. The van der Waals surface area contributed by atoms with Crippen molar-refractivity contribution in [2.45, 2.75) is 88.0 Å². The molecular weight excluding hydrogens is 357 g/mol. The van der Waals surface area contributed by atoms with Crippen LogP contribution in [0.15, 0.2) is 52.6 Å². The van der Waals surface area contributed by atoms with Crippen LogP contribution in [0.5, 0.6) is 0 Å². The standard InChI is InChI=1S/C26H37NP/c1-27(2)26(21-13-6-3-7-14-21)24-19-12-20-25(24)28(22-15-8-4-9-16-22)23-17-10-5-11-18-23/h3,6-7,13,19-20,22-23,26H,4-5,8-11,14-18H2,1-2H3/t26-/m0/s1. The summed E-state index contributed by atoms with van der Waals surface area (Å²) in [5.41, 5.74) is 8.58. The summed E-state index contributed by atoms with van der Waals surface area (Å²) in [6, 6.07) is 0.402. The quantitative estimate of drug-likeness (QED) is 0.342. The highest BCUT2D eigenvalue weighted by Crippen LogP contribution is 2.63. The number of likely N-dealkylation sites (N-methyl/N-ethyl adjacent to an activating group) is 1. The molecule has 4 aliphatic carbocycles. The highest BCUT2D eigenvalue weighted by molar-refractivity contribution is 7.63. The number of rotatable bonds is 6. The molecule has 0 saturated heterocycles. The van der Waals surface area contributed by atoms with Crippen LogP contribution in [0.4, 0.5) is 0 Å². The summed E-state index contributed by atoms with van der Waals surface area (Å²) >= 11 is 0. The first kappa shape index (κ1) is 20.4. The van der Waals surface area contributed by atoms with Gasteiger partial charge in [0.25, 0.3) is 0 Å². The van der Waals surface area contributed by atoms with Gasteiger partial charge >= 0.3 is 0 Å². The zero-order valence-corrected chi connectivity index (χ0v) is 18.8. The average molecular weight is 395 g/mol. The van der Waals surface area contributed by atoms with Gasteiger partial charge in [-0.15, -0.1) is 5.73 Å². The Bertz CT molecular complexity index is 674. The van der Waals surface area contributed by atoms with E-state index in [1.807, 2.05) is 0 Å². The van der Waals surface area contributed by atoms with Crippen LogP contribution in [0.25, 0.3) is 0 Å². The third-order valence-corrected chi connectivity index (χ3v) is 10.6. The molecule has 0 spiro atoms. The van der Waals surface area contributed by atoms with Gasteiger partial charge in [0.2, 0.25) is 0 Å². The van der Waals surface area contributed by atoms with Gasteiger partial charge in [0.1, 0.15) is 0 Å². The molecule has 151 valence electrons. The van der Waals surface area contributed by atoms with Crippen molar-refractivity contribution in [3.05, 3.63) is 59.0 Å². The Kier molecular flexibility index (Phi) is 7.11. The van der Waals surface area contributed by atoms with Crippen LogP contribution in [0.3, 0.4) is 0 Å². The van der Waals surface area contributed by atoms with E-state index in [4.69, 9.17) is 0 Å². The lowest BCUT2D eigenvalue weighted by Gasteiger charge is -2.40. The van der Waals surface area contributed by atoms with Gasteiger partial charge in [-0.05, 0) is 86.1 Å². The van der Waals surface area contributed by atoms with Gasteiger partial charge in [0.15, 0.2) is 0 Å². The Hall–Kier alpha value is -0.870. The van der Waals surface area contributed by atoms with Gasteiger partial charge in [-0.2, -0.15) is 0 Å². The highest BCUT2D eigenvalue weighted by Gasteiger charge is 2.36. The Balaban J connectivity index is 1.69. The van der Waals surface area contributed by atoms with Gasteiger partial charge in [-0.3, -0.25) is 4.90 Å². The van der Waals surface area contributed by atoms with Crippen molar-refractivity contribution < 1.29 is 0 Å². The van der Waals surface area contributed by atoms with Crippen molar-refractivity contribution in [2.75, 3.05) is 14.1 Å². The van der Waals surface area contributed by atoms with Gasteiger partial charge in [0.05, 0.1) is 6.04 Å². The minimum absolute atomic E-state index is 0.0675. The van der Waals surface area contributed by atoms with E-state index in [0.717, 1.165) is 17.7 Å². The molecule has 0 amide bonds. The molecule has 4 aliphatic rings. The molecule has 0 aromatic rings. The highest BCUT2D eigenvalue weighted by atomic mass is 31.1. The molecule has 2 fully saturated rings. The van der Waals surface area contributed by atoms with Crippen molar-refractivity contribution in [1.82, 2.24) is 4.90 Å². The second-order valence-electron chi connectivity index (χ2n) is 9.22. The molecule has 1 radical (unpaired) electrons. The number of hydrogen-bond acceptors (Lipinski definition) is 1. The zero-order chi connectivity index (χ0) is 19.3. The largest absolute Gasteiger partial charge is 0.299 e. The second-order valence-corrected chi connectivity index (χ2v) is 12.0. The lowest BCUT2D eigenvalue weighted by molar-refractivity contribution is 0.366. The summed E-state index contributed by atoms with van der Waals surface area (Å²) in [4.78, 5) is 2.43. The van der Waals surface area contributed by atoms with Crippen molar-refractivity contribution >= 4 is 7.92 Å². The van der Waals surface area contributed by atoms with Crippen LogP contribution >= 0.6 is 7.92 Å². The second kappa shape index (κ2) is 9.75. The van der Waals surface area contributed by atoms with Gasteiger partial charge in [0, 0.05) is 6.42 Å². The Labute approximate surface area is 174 Å². The van der Waals surface area contributed by atoms with E-state index < -0.39 is 0 Å². The average Bonchev–Trinajstić information content (AvgIpc) is 3.19. The first-order valence-corrected chi connectivity index (χ1v) is 13.0. The molecule has 0 N–H and O–H groups in total. The molecular formula is C26H37NP. The maximum atomic E-state index is 3.57. The molecule has 0 bridgehead atoms. The Morgan fingerprint density at radius 3 is 2.11 bits per heavy atom. The topological polar surface area (TPSA) is 3.24 Å². The smallest absolute Gasteiger partial charge is 0.0572 e. The van der Waals surface area contributed by atoms with Gasteiger partial charge in [-0.1, -0.05) is 64.7 Å². The predicted octanol–water partition coefficient (Wildman–Crippen LogP) is 7.13. The lowest BCUT2D eigenvalue weighted by Crippen LogP contribution is -2.32. The summed E-state index contributed by atoms with van der Waals surface area (Å²) in [5.74, 6) is 0. The van der Waals surface area contributed by atoms with E-state index in [2.05, 4.69) is 61.5 Å². The number of nitrogens with zero attached hydrogens (tertiary/aromatic N) is 1. The fourth-order valence-electron chi connectivity index (χ4n) is 5.76. The van der Waals surface area contributed by atoms with E-state index in [0.29, 0.717) is 6.04 Å². The molecule has 4 rings (SSSR count). The third kappa shape index (κ3) is 4.48. The summed E-state index contributed by atoms with van der Waals surface area (Å²) in [7, 11) is 4.44. The number of allylic oxidation sites excluding steroid dienone is 4. The minimum Gasteiger partial charge on any atom is -0.299 e. The predicted molar refractivity (Wildman–Crippen MR) is 124 cm³/mol. The monoisotopic (exact) mass is 394 g/mol. The van der Waals surface area contributed by atoms with Crippen LogP contribution in [0.1, 0.15) is 70.6 Å². The SMILES string of the molecule is CN(C)[C@@H](C1=C[CH]C=CC1)C1=C(P(C2CCCCC2)C2CCCCC2)C=C=C1. The molecule has 0 unspecified atom stereocenters. The Morgan fingerprint density at radius 2 is 1.57 bits per heavy atom. The van der Waals surface area contributed by atoms with E-state index in [1.54, 1.807) is 10.9 Å². The van der Waals surface area contributed by atoms with E-state index in [-0.39, 0.29) is 7.92 Å². The van der Waals surface area contributed by atoms with Crippen molar-refractivity contribution in [3.63, 3.8) is 0 Å². The molecule has 28 heavy (non-hydrogen) atoms. The van der Waals surface area contributed by atoms with Crippen LogP contribution in [0, 0.1) is 6.42 Å². The lowest BCUT2D eigenvalue weighted by atomic mass is 9.92. The van der Waals surface area contributed by atoms with E-state index in [1.165, 1.54) is 69.8 Å². The third-order valence-electron chi connectivity index (χ3n) is 7.04. The van der Waals surface area contributed by atoms with Crippen LogP contribution in [-0.4, -0.2) is 36.4 Å². The summed E-state index contributed by atoms with van der Waals surface area (Å²) < 4.78 is 0. The van der Waals surface area contributed by atoms with E-state index in [9.17, 15) is 0 Å². The molecule has 2 heteroatoms. The summed E-state index contributed by atoms with van der Waals surface area (Å²) in [6.45, 7) is 0. The molecule has 2 saturated carbocycles. The fourth-order valence-corrected chi connectivity index (χ4v) is 9.70. The number of hydrogen-bond donors (Lipinski definition) is 0. The van der Waals surface area contributed by atoms with Crippen molar-refractivity contribution in [2.24, 2.45) is 0 Å². The van der Waals surface area contributed by atoms with Crippen molar-refractivity contribution in [3.8, 4) is 0 Å². The van der Waals surface area contributed by atoms with Gasteiger partial charge < -0.3 is 0 Å². The molecule has 0 aromatic heterocycles. The zero-order valence-electron chi connectivity index (χ0n) is 17.9. The molecule has 1 nitrogen and oxygen atoms in total. The normalized spacial score (nSPS) is 25.2. The molecule has 0 heterocycles. The van der Waals surface area contributed by atoms with Crippen LogP contribution in [-0.2, 0) is 0 Å². The maximum Gasteiger partial charge on any atom is 0.0572 e. The first-order chi connectivity index (χ1) is 13.8. The molecule has 0 aliphatic heterocycles. The maximum absolute atomic E-state index is 3.57. The summed E-state index contributed by atoms with van der Waals surface area (Å²) in [5, 5.41) is 1.71. The van der Waals surface area contributed by atoms with Crippen LogP contribution < -0.4 is 0 Å². The van der Waals surface area contributed by atoms with Gasteiger partial charge in [-0.25, -0.2) is 0 Å².